The molecular weight excluding hydrogens is 236 g/mol. The minimum Gasteiger partial charge on any atom is -0.301 e. The molecule has 4 nitrogen and oxygen atoms in total. The molecule has 3 rings (SSSR count). The number of aryl methyl sites for hydroxylation is 1. The first-order valence-corrected chi connectivity index (χ1v) is 7.84. The third-order valence-electron chi connectivity index (χ3n) is 4.78. The van der Waals surface area contributed by atoms with Gasteiger partial charge in [-0.3, -0.25) is 0 Å². The molecule has 2 aliphatic heterocycles. The van der Waals surface area contributed by atoms with E-state index in [1.807, 2.05) is 0 Å². The van der Waals surface area contributed by atoms with Gasteiger partial charge in [-0.25, -0.2) is 9.67 Å². The Morgan fingerprint density at radius 3 is 2.53 bits per heavy atom. The van der Waals surface area contributed by atoms with Crippen molar-refractivity contribution in [3.63, 3.8) is 0 Å². The van der Waals surface area contributed by atoms with Crippen LogP contribution in [0.2, 0.25) is 0 Å². The van der Waals surface area contributed by atoms with Crippen molar-refractivity contribution < 1.29 is 0 Å². The SMILES string of the molecule is CC(C)N1CCC(c2nc3n(n2)C(C)CCC3)CC1. The summed E-state index contributed by atoms with van der Waals surface area (Å²) in [7, 11) is 0. The van der Waals surface area contributed by atoms with E-state index in [1.54, 1.807) is 0 Å². The van der Waals surface area contributed by atoms with Gasteiger partial charge < -0.3 is 4.90 Å². The van der Waals surface area contributed by atoms with Gasteiger partial charge >= 0.3 is 0 Å². The van der Waals surface area contributed by atoms with E-state index in [4.69, 9.17) is 10.1 Å². The summed E-state index contributed by atoms with van der Waals surface area (Å²) in [6, 6.07) is 1.21. The van der Waals surface area contributed by atoms with E-state index in [-0.39, 0.29) is 0 Å². The van der Waals surface area contributed by atoms with Gasteiger partial charge in [0, 0.05) is 18.4 Å². The van der Waals surface area contributed by atoms with Crippen molar-refractivity contribution in [2.24, 2.45) is 0 Å². The topological polar surface area (TPSA) is 34.0 Å². The smallest absolute Gasteiger partial charge is 0.154 e. The van der Waals surface area contributed by atoms with Gasteiger partial charge in [0.1, 0.15) is 5.82 Å². The number of piperidine rings is 1. The molecule has 0 aromatic carbocycles. The fourth-order valence-electron chi connectivity index (χ4n) is 3.42. The number of rotatable bonds is 2. The summed E-state index contributed by atoms with van der Waals surface area (Å²) in [6.07, 6.45) is 6.07. The molecule has 2 aliphatic rings. The van der Waals surface area contributed by atoms with Crippen LogP contribution < -0.4 is 0 Å². The van der Waals surface area contributed by atoms with Gasteiger partial charge in [0.15, 0.2) is 5.82 Å². The number of aromatic nitrogens is 3. The molecule has 106 valence electrons. The Hall–Kier alpha value is -0.900. The number of fused-ring (bicyclic) bond motifs is 1. The lowest BCUT2D eigenvalue weighted by Gasteiger charge is -2.33. The van der Waals surface area contributed by atoms with Crippen molar-refractivity contribution in [2.75, 3.05) is 13.1 Å². The highest BCUT2D eigenvalue weighted by Gasteiger charge is 2.27. The van der Waals surface area contributed by atoms with E-state index < -0.39 is 0 Å². The first-order chi connectivity index (χ1) is 9.15. The summed E-state index contributed by atoms with van der Waals surface area (Å²) in [4.78, 5) is 7.39. The van der Waals surface area contributed by atoms with Crippen molar-refractivity contribution in [3.8, 4) is 0 Å². The first-order valence-electron chi connectivity index (χ1n) is 7.84. The van der Waals surface area contributed by atoms with Gasteiger partial charge in [0.05, 0.1) is 6.04 Å². The summed E-state index contributed by atoms with van der Waals surface area (Å²) in [5, 5.41) is 4.81. The molecule has 0 amide bonds. The Kier molecular flexibility index (Phi) is 3.61. The summed E-state index contributed by atoms with van der Waals surface area (Å²) in [5.41, 5.74) is 0. The highest BCUT2D eigenvalue weighted by atomic mass is 15.4. The monoisotopic (exact) mass is 262 g/mol. The molecule has 3 heterocycles. The number of hydrogen-bond donors (Lipinski definition) is 0. The van der Waals surface area contributed by atoms with Gasteiger partial charge in [0.25, 0.3) is 0 Å². The Labute approximate surface area is 116 Å². The fraction of sp³-hybridized carbons (Fsp3) is 0.867. The average molecular weight is 262 g/mol. The standard InChI is InChI=1S/C15H26N4/c1-11(2)18-9-7-13(8-10-18)15-16-14-6-4-5-12(3)19(14)17-15/h11-13H,4-10H2,1-3H3. The van der Waals surface area contributed by atoms with Gasteiger partial charge in [-0.2, -0.15) is 5.10 Å². The molecular formula is C15H26N4. The molecule has 1 fully saturated rings. The second-order valence-corrected chi connectivity index (χ2v) is 6.48. The second-order valence-electron chi connectivity index (χ2n) is 6.48. The Morgan fingerprint density at radius 1 is 1.16 bits per heavy atom. The molecule has 0 aliphatic carbocycles. The maximum absolute atomic E-state index is 4.83. The van der Waals surface area contributed by atoms with Crippen molar-refractivity contribution in [2.45, 2.75) is 70.9 Å². The minimum atomic E-state index is 0.542. The molecule has 0 N–H and O–H groups in total. The molecule has 1 atom stereocenters. The molecule has 19 heavy (non-hydrogen) atoms. The van der Waals surface area contributed by atoms with Gasteiger partial charge in [0.2, 0.25) is 0 Å². The van der Waals surface area contributed by atoms with Crippen LogP contribution >= 0.6 is 0 Å². The maximum Gasteiger partial charge on any atom is 0.154 e. The molecule has 1 saturated heterocycles. The Morgan fingerprint density at radius 2 is 1.89 bits per heavy atom. The minimum absolute atomic E-state index is 0.542. The quantitative estimate of drug-likeness (QED) is 0.822. The van der Waals surface area contributed by atoms with E-state index >= 15 is 0 Å². The van der Waals surface area contributed by atoms with Gasteiger partial charge in [-0.1, -0.05) is 0 Å². The molecule has 4 heteroatoms. The zero-order valence-corrected chi connectivity index (χ0v) is 12.5. The first kappa shape index (κ1) is 13.1. The van der Waals surface area contributed by atoms with Crippen molar-refractivity contribution in [1.29, 1.82) is 0 Å². The molecule has 0 bridgehead atoms. The van der Waals surface area contributed by atoms with Crippen LogP contribution in [0.3, 0.4) is 0 Å². The number of hydrogen-bond acceptors (Lipinski definition) is 3. The van der Waals surface area contributed by atoms with Gasteiger partial charge in [-0.15, -0.1) is 0 Å². The van der Waals surface area contributed by atoms with E-state index in [9.17, 15) is 0 Å². The lowest BCUT2D eigenvalue weighted by Crippen LogP contribution is -2.38. The summed E-state index contributed by atoms with van der Waals surface area (Å²) in [5.74, 6) is 2.92. The van der Waals surface area contributed by atoms with Crippen LogP contribution in [0.25, 0.3) is 0 Å². The summed E-state index contributed by atoms with van der Waals surface area (Å²) < 4.78 is 2.19. The normalized spacial score (nSPS) is 25.8. The van der Waals surface area contributed by atoms with E-state index in [0.717, 1.165) is 12.2 Å². The highest BCUT2D eigenvalue weighted by Crippen LogP contribution is 2.29. The summed E-state index contributed by atoms with van der Waals surface area (Å²) in [6.45, 7) is 9.23. The largest absolute Gasteiger partial charge is 0.301 e. The van der Waals surface area contributed by atoms with Crippen LogP contribution in [-0.4, -0.2) is 38.8 Å². The Balaban J connectivity index is 1.70. The zero-order chi connectivity index (χ0) is 13.4. The van der Waals surface area contributed by atoms with Gasteiger partial charge in [-0.05, 0) is 59.5 Å². The fourth-order valence-corrected chi connectivity index (χ4v) is 3.42. The second kappa shape index (κ2) is 5.23. The molecule has 0 spiro atoms. The zero-order valence-electron chi connectivity index (χ0n) is 12.5. The average Bonchev–Trinajstić information content (AvgIpc) is 2.84. The predicted octanol–water partition coefficient (Wildman–Crippen LogP) is 2.76. The molecule has 1 unspecified atom stereocenters. The van der Waals surface area contributed by atoms with Crippen LogP contribution in [0, 0.1) is 0 Å². The van der Waals surface area contributed by atoms with Crippen molar-refractivity contribution >= 4 is 0 Å². The maximum atomic E-state index is 4.83. The number of nitrogens with zero attached hydrogens (tertiary/aromatic N) is 4. The van der Waals surface area contributed by atoms with Crippen molar-refractivity contribution in [3.05, 3.63) is 11.6 Å². The van der Waals surface area contributed by atoms with E-state index in [1.165, 1.54) is 44.6 Å². The number of likely N-dealkylation sites (tertiary alicyclic amines) is 1. The molecule has 1 aromatic heterocycles. The third-order valence-corrected chi connectivity index (χ3v) is 4.78. The highest BCUT2D eigenvalue weighted by molar-refractivity contribution is 5.04. The van der Waals surface area contributed by atoms with Crippen LogP contribution in [0.5, 0.6) is 0 Å². The van der Waals surface area contributed by atoms with E-state index in [2.05, 4.69) is 30.4 Å². The molecule has 1 aromatic rings. The van der Waals surface area contributed by atoms with Crippen molar-refractivity contribution in [1.82, 2.24) is 19.7 Å². The predicted molar refractivity (Wildman–Crippen MR) is 76.4 cm³/mol. The van der Waals surface area contributed by atoms with Crippen LogP contribution in [0.1, 0.15) is 70.1 Å². The molecule has 0 saturated carbocycles. The van der Waals surface area contributed by atoms with Crippen LogP contribution in [-0.2, 0) is 6.42 Å². The summed E-state index contributed by atoms with van der Waals surface area (Å²) >= 11 is 0. The molecule has 0 radical (unpaired) electrons. The third kappa shape index (κ3) is 2.55. The lowest BCUT2D eigenvalue weighted by molar-refractivity contribution is 0.169. The lowest BCUT2D eigenvalue weighted by atomic mass is 9.95. The van der Waals surface area contributed by atoms with Crippen LogP contribution in [0.15, 0.2) is 0 Å². The van der Waals surface area contributed by atoms with Crippen LogP contribution in [0.4, 0.5) is 0 Å². The Bertz CT molecular complexity index is 429. The van der Waals surface area contributed by atoms with E-state index in [0.29, 0.717) is 18.0 Å².